The predicted octanol–water partition coefficient (Wildman–Crippen LogP) is 2.29. The zero-order valence-corrected chi connectivity index (χ0v) is 10.0. The van der Waals surface area contributed by atoms with E-state index >= 15 is 0 Å². The van der Waals surface area contributed by atoms with Gasteiger partial charge in [0, 0.05) is 18.2 Å². The zero-order chi connectivity index (χ0) is 12.3. The van der Waals surface area contributed by atoms with E-state index in [-0.39, 0.29) is 0 Å². The number of nitrogens with one attached hydrogen (secondary N) is 1. The van der Waals surface area contributed by atoms with Crippen LogP contribution in [0.1, 0.15) is 22.6 Å². The van der Waals surface area contributed by atoms with Crippen molar-refractivity contribution < 1.29 is 9.63 Å². The van der Waals surface area contributed by atoms with Crippen LogP contribution in [0.4, 0.5) is 0 Å². The van der Waals surface area contributed by atoms with Gasteiger partial charge in [0.05, 0.1) is 12.2 Å². The van der Waals surface area contributed by atoms with E-state index in [4.69, 9.17) is 4.52 Å². The van der Waals surface area contributed by atoms with Gasteiger partial charge >= 0.3 is 0 Å². The van der Waals surface area contributed by atoms with E-state index in [0.29, 0.717) is 18.8 Å². The lowest BCUT2D eigenvalue weighted by Crippen LogP contribution is -2.12. The average Bonchev–Trinajstić information content (AvgIpc) is 2.69. The highest BCUT2D eigenvalue weighted by atomic mass is 16.5. The quantitative estimate of drug-likeness (QED) is 0.849. The Balaban J connectivity index is 1.91. The molecule has 0 radical (unpaired) electrons. The lowest BCUT2D eigenvalue weighted by Gasteiger charge is -2.06. The molecule has 2 N–H and O–H groups in total. The first kappa shape index (κ1) is 11.7. The number of benzene rings is 1. The second-order valence-electron chi connectivity index (χ2n) is 4.17. The molecule has 0 unspecified atom stereocenters. The van der Waals surface area contributed by atoms with Crippen LogP contribution in [0.2, 0.25) is 0 Å². The van der Waals surface area contributed by atoms with Crippen molar-refractivity contribution in [3.05, 3.63) is 46.8 Å². The summed E-state index contributed by atoms with van der Waals surface area (Å²) in [5.74, 6) is 1.12. The average molecular weight is 232 g/mol. The van der Waals surface area contributed by atoms with Gasteiger partial charge in [-0.1, -0.05) is 22.9 Å². The van der Waals surface area contributed by atoms with Crippen molar-refractivity contribution >= 4 is 0 Å². The minimum Gasteiger partial charge on any atom is -0.508 e. The number of hydrogen-bond acceptors (Lipinski definition) is 4. The van der Waals surface area contributed by atoms with Crippen LogP contribution in [0.25, 0.3) is 0 Å². The Morgan fingerprint density at radius 2 is 2.06 bits per heavy atom. The molecule has 0 saturated carbocycles. The minimum atomic E-state index is 0.317. The summed E-state index contributed by atoms with van der Waals surface area (Å²) in [6.07, 6.45) is 0. The number of phenols is 1. The van der Waals surface area contributed by atoms with Gasteiger partial charge in [-0.15, -0.1) is 0 Å². The van der Waals surface area contributed by atoms with Crippen LogP contribution in [-0.4, -0.2) is 10.3 Å². The van der Waals surface area contributed by atoms with Crippen molar-refractivity contribution in [1.29, 1.82) is 0 Å². The molecule has 2 rings (SSSR count). The number of hydrogen-bond donors (Lipinski definition) is 2. The van der Waals surface area contributed by atoms with Crippen molar-refractivity contribution in [2.75, 3.05) is 0 Å². The first-order chi connectivity index (χ1) is 8.15. The van der Waals surface area contributed by atoms with Crippen molar-refractivity contribution in [3.63, 3.8) is 0 Å². The van der Waals surface area contributed by atoms with Gasteiger partial charge < -0.3 is 14.9 Å². The Labute approximate surface area is 100 Å². The molecule has 1 heterocycles. The highest BCUT2D eigenvalue weighted by Gasteiger charge is 2.03. The fraction of sp³-hybridized carbons (Fsp3) is 0.308. The SMILES string of the molecule is Cc1ccc(O)c(CNCc2cc(C)no2)c1. The molecule has 0 amide bonds. The molecule has 1 aromatic heterocycles. The topological polar surface area (TPSA) is 58.3 Å². The fourth-order valence-electron chi connectivity index (χ4n) is 1.68. The van der Waals surface area contributed by atoms with E-state index in [2.05, 4.69) is 10.5 Å². The fourth-order valence-corrected chi connectivity index (χ4v) is 1.68. The molecule has 4 nitrogen and oxygen atoms in total. The Kier molecular flexibility index (Phi) is 3.44. The van der Waals surface area contributed by atoms with Crippen molar-refractivity contribution in [2.24, 2.45) is 0 Å². The third kappa shape index (κ3) is 3.07. The largest absolute Gasteiger partial charge is 0.508 e. The number of nitrogens with zero attached hydrogens (tertiary/aromatic N) is 1. The van der Waals surface area contributed by atoms with Crippen LogP contribution in [0.3, 0.4) is 0 Å². The molecular weight excluding hydrogens is 216 g/mol. The van der Waals surface area contributed by atoms with Crippen molar-refractivity contribution in [3.8, 4) is 5.75 Å². The molecule has 1 aromatic carbocycles. The van der Waals surface area contributed by atoms with Gasteiger partial charge in [0.2, 0.25) is 0 Å². The molecule has 0 fully saturated rings. The molecule has 4 heteroatoms. The highest BCUT2D eigenvalue weighted by Crippen LogP contribution is 2.17. The van der Waals surface area contributed by atoms with E-state index in [9.17, 15) is 5.11 Å². The van der Waals surface area contributed by atoms with Gasteiger partial charge in [0.25, 0.3) is 0 Å². The highest BCUT2D eigenvalue weighted by molar-refractivity contribution is 5.35. The maximum atomic E-state index is 9.66. The number of rotatable bonds is 4. The maximum Gasteiger partial charge on any atom is 0.150 e. The molecule has 0 saturated heterocycles. The molecule has 0 aliphatic heterocycles. The van der Waals surface area contributed by atoms with E-state index in [1.165, 1.54) is 0 Å². The molecule has 0 bridgehead atoms. The van der Waals surface area contributed by atoms with Crippen LogP contribution in [-0.2, 0) is 13.1 Å². The van der Waals surface area contributed by atoms with Crippen LogP contribution in [0, 0.1) is 13.8 Å². The monoisotopic (exact) mass is 232 g/mol. The molecule has 0 aliphatic rings. The number of phenolic OH excluding ortho intramolecular Hbond substituents is 1. The molecule has 0 aliphatic carbocycles. The predicted molar refractivity (Wildman–Crippen MR) is 64.6 cm³/mol. The summed E-state index contributed by atoms with van der Waals surface area (Å²) in [6, 6.07) is 7.46. The van der Waals surface area contributed by atoms with E-state index < -0.39 is 0 Å². The smallest absolute Gasteiger partial charge is 0.150 e. The van der Waals surface area contributed by atoms with Gasteiger partial charge in [-0.2, -0.15) is 0 Å². The lowest BCUT2D eigenvalue weighted by molar-refractivity contribution is 0.368. The Bertz CT molecular complexity index is 506. The van der Waals surface area contributed by atoms with Gasteiger partial charge in [-0.05, 0) is 19.9 Å². The summed E-state index contributed by atoms with van der Waals surface area (Å²) >= 11 is 0. The van der Waals surface area contributed by atoms with E-state index in [0.717, 1.165) is 22.6 Å². The van der Waals surface area contributed by atoms with Crippen molar-refractivity contribution in [2.45, 2.75) is 26.9 Å². The zero-order valence-electron chi connectivity index (χ0n) is 10.0. The number of aromatic hydroxyl groups is 1. The molecule has 90 valence electrons. The minimum absolute atomic E-state index is 0.317. The standard InChI is InChI=1S/C13H16N2O2/c1-9-3-4-13(16)11(5-9)7-14-8-12-6-10(2)15-17-12/h3-6,14,16H,7-8H2,1-2H3. The summed E-state index contributed by atoms with van der Waals surface area (Å²) in [5, 5.41) is 16.7. The summed E-state index contributed by atoms with van der Waals surface area (Å²) < 4.78 is 5.08. The summed E-state index contributed by atoms with van der Waals surface area (Å²) in [6.45, 7) is 5.10. The molecule has 17 heavy (non-hydrogen) atoms. The van der Waals surface area contributed by atoms with Crippen LogP contribution < -0.4 is 5.32 Å². The van der Waals surface area contributed by atoms with Crippen LogP contribution >= 0.6 is 0 Å². The molecular formula is C13H16N2O2. The van der Waals surface area contributed by atoms with Crippen LogP contribution in [0.15, 0.2) is 28.8 Å². The lowest BCUT2D eigenvalue weighted by atomic mass is 10.1. The Hall–Kier alpha value is -1.81. The van der Waals surface area contributed by atoms with E-state index in [1.54, 1.807) is 6.07 Å². The van der Waals surface area contributed by atoms with Crippen LogP contribution in [0.5, 0.6) is 5.75 Å². The van der Waals surface area contributed by atoms with Gasteiger partial charge in [-0.3, -0.25) is 0 Å². The van der Waals surface area contributed by atoms with Gasteiger partial charge in [0.15, 0.2) is 5.76 Å². The molecule has 2 aromatic rings. The normalized spacial score (nSPS) is 10.7. The van der Waals surface area contributed by atoms with Crippen molar-refractivity contribution in [1.82, 2.24) is 10.5 Å². The Morgan fingerprint density at radius 1 is 1.24 bits per heavy atom. The van der Waals surface area contributed by atoms with E-state index in [1.807, 2.05) is 32.0 Å². The maximum absolute atomic E-state index is 9.66. The second kappa shape index (κ2) is 5.01. The molecule has 0 spiro atoms. The third-order valence-corrected chi connectivity index (χ3v) is 2.53. The summed E-state index contributed by atoms with van der Waals surface area (Å²) in [7, 11) is 0. The first-order valence-electron chi connectivity index (χ1n) is 5.56. The van der Waals surface area contributed by atoms with Gasteiger partial charge in [-0.25, -0.2) is 0 Å². The first-order valence-corrected chi connectivity index (χ1v) is 5.56. The third-order valence-electron chi connectivity index (χ3n) is 2.53. The second-order valence-corrected chi connectivity index (χ2v) is 4.17. The molecule has 0 atom stereocenters. The summed E-state index contributed by atoms with van der Waals surface area (Å²) in [5.41, 5.74) is 2.90. The Morgan fingerprint density at radius 3 is 2.76 bits per heavy atom. The van der Waals surface area contributed by atoms with Gasteiger partial charge in [0.1, 0.15) is 5.75 Å². The number of aryl methyl sites for hydroxylation is 2. The summed E-state index contributed by atoms with van der Waals surface area (Å²) in [4.78, 5) is 0. The number of aromatic nitrogens is 1.